The Labute approximate surface area is 121 Å². The van der Waals surface area contributed by atoms with E-state index in [0.717, 1.165) is 4.88 Å². The van der Waals surface area contributed by atoms with Crippen LogP contribution in [-0.4, -0.2) is 39.9 Å². The second-order valence-electron chi connectivity index (χ2n) is 5.04. The molecular formula is C13H21NO5S. The van der Waals surface area contributed by atoms with E-state index in [9.17, 15) is 9.59 Å². The van der Waals surface area contributed by atoms with Crippen molar-refractivity contribution in [3.05, 3.63) is 22.4 Å². The lowest BCUT2D eigenvalue weighted by Crippen LogP contribution is -2.45. The van der Waals surface area contributed by atoms with Crippen LogP contribution in [0.4, 0.5) is 0 Å². The van der Waals surface area contributed by atoms with E-state index in [1.54, 1.807) is 20.8 Å². The smallest absolute Gasteiger partial charge is 0.321 e. The molecule has 2 atom stereocenters. The first-order chi connectivity index (χ1) is 9.13. The van der Waals surface area contributed by atoms with E-state index in [1.165, 1.54) is 11.3 Å². The summed E-state index contributed by atoms with van der Waals surface area (Å²) >= 11 is 1.48. The van der Waals surface area contributed by atoms with Gasteiger partial charge in [-0.05, 0) is 18.4 Å². The molecule has 2 unspecified atom stereocenters. The maximum atomic E-state index is 10.4. The van der Waals surface area contributed by atoms with E-state index in [1.807, 2.05) is 17.5 Å². The molecule has 0 saturated heterocycles. The lowest BCUT2D eigenvalue weighted by Gasteiger charge is -2.25. The summed E-state index contributed by atoms with van der Waals surface area (Å²) in [5.74, 6) is -2.21. The molecule has 1 heterocycles. The third-order valence-electron chi connectivity index (χ3n) is 2.86. The fourth-order valence-electron chi connectivity index (χ4n) is 1.09. The molecule has 0 fully saturated rings. The first-order valence-electron chi connectivity index (χ1n) is 5.99. The fraction of sp³-hybridized carbons (Fsp3) is 0.538. The number of nitrogens with two attached hydrogens (primary N) is 1. The number of hydrogen-bond acceptors (Lipinski definition) is 5. The summed E-state index contributed by atoms with van der Waals surface area (Å²) in [5, 5.41) is 27.5. The van der Waals surface area contributed by atoms with Crippen molar-refractivity contribution in [2.45, 2.75) is 32.7 Å². The molecule has 6 nitrogen and oxygen atoms in total. The second-order valence-corrected chi connectivity index (χ2v) is 6.02. The molecule has 7 heteroatoms. The first kappa shape index (κ1) is 18.6. The highest BCUT2D eigenvalue weighted by Gasteiger charge is 2.30. The molecule has 1 aromatic rings. The number of carboxylic acid groups (broad SMARTS) is 2. The van der Waals surface area contributed by atoms with Crippen molar-refractivity contribution in [2.24, 2.45) is 11.1 Å². The number of aliphatic carboxylic acids is 2. The Morgan fingerprint density at radius 3 is 2.15 bits per heavy atom. The quantitative estimate of drug-likeness (QED) is 0.651. The number of rotatable bonds is 5. The average Bonchev–Trinajstić information content (AvgIpc) is 2.91. The first-order valence-corrected chi connectivity index (χ1v) is 6.87. The fourth-order valence-corrected chi connectivity index (χ4v) is 1.87. The Kier molecular flexibility index (Phi) is 7.41. The average molecular weight is 303 g/mol. The largest absolute Gasteiger partial charge is 0.481 e. The maximum absolute atomic E-state index is 10.4. The molecule has 0 aliphatic rings. The van der Waals surface area contributed by atoms with E-state index in [2.05, 4.69) is 0 Å². The van der Waals surface area contributed by atoms with Crippen LogP contribution in [0.5, 0.6) is 0 Å². The number of carbonyl (C=O) groups is 2. The molecule has 0 spiro atoms. The van der Waals surface area contributed by atoms with E-state index < -0.39 is 23.4 Å². The monoisotopic (exact) mass is 303 g/mol. The highest BCUT2D eigenvalue weighted by Crippen LogP contribution is 2.20. The molecule has 20 heavy (non-hydrogen) atoms. The minimum absolute atomic E-state index is 0.222. The lowest BCUT2D eigenvalue weighted by atomic mass is 9.86. The van der Waals surface area contributed by atoms with Crippen LogP contribution in [0.25, 0.3) is 0 Å². The SMILES string of the molecule is CC(C(=O)O)c1cccs1.CC(C)(CO)C(N)C(=O)O. The molecular weight excluding hydrogens is 282 g/mol. The Morgan fingerprint density at radius 2 is 1.90 bits per heavy atom. The number of hydrogen-bond donors (Lipinski definition) is 4. The van der Waals surface area contributed by atoms with Gasteiger partial charge in [0.1, 0.15) is 6.04 Å². The van der Waals surface area contributed by atoms with Gasteiger partial charge in [0.25, 0.3) is 0 Å². The van der Waals surface area contributed by atoms with Crippen molar-refractivity contribution in [2.75, 3.05) is 6.61 Å². The predicted molar refractivity (Wildman–Crippen MR) is 76.8 cm³/mol. The molecule has 1 aromatic heterocycles. The van der Waals surface area contributed by atoms with Crippen LogP contribution >= 0.6 is 11.3 Å². The highest BCUT2D eigenvalue weighted by molar-refractivity contribution is 7.10. The van der Waals surface area contributed by atoms with Crippen LogP contribution in [-0.2, 0) is 9.59 Å². The number of aliphatic hydroxyl groups excluding tert-OH is 1. The molecule has 0 amide bonds. The summed E-state index contributed by atoms with van der Waals surface area (Å²) in [4.78, 5) is 21.6. The molecule has 0 aliphatic carbocycles. The predicted octanol–water partition coefficient (Wildman–Crippen LogP) is 1.35. The standard InChI is InChI=1S/C7H8O2S.C6H13NO3/c1-5(7(8)9)6-3-2-4-10-6;1-6(2,3-8)4(7)5(9)10/h2-5H,1H3,(H,8,9);4,8H,3,7H2,1-2H3,(H,9,10). The molecule has 0 saturated carbocycles. The second kappa shape index (κ2) is 7.98. The van der Waals surface area contributed by atoms with Gasteiger partial charge in [0.2, 0.25) is 0 Å². The Bertz CT molecular complexity index is 430. The third-order valence-corrected chi connectivity index (χ3v) is 3.91. The van der Waals surface area contributed by atoms with Gasteiger partial charge in [-0.3, -0.25) is 9.59 Å². The zero-order valence-electron chi connectivity index (χ0n) is 11.7. The zero-order chi connectivity index (χ0) is 15.9. The molecule has 0 radical (unpaired) electrons. The molecule has 0 aliphatic heterocycles. The summed E-state index contributed by atoms with van der Waals surface area (Å²) in [7, 11) is 0. The van der Waals surface area contributed by atoms with Crippen molar-refractivity contribution >= 4 is 23.3 Å². The Balaban J connectivity index is 0.000000361. The third kappa shape index (κ3) is 5.68. The molecule has 1 rings (SSSR count). The van der Waals surface area contributed by atoms with Gasteiger partial charge < -0.3 is 21.1 Å². The van der Waals surface area contributed by atoms with Crippen LogP contribution in [0.2, 0.25) is 0 Å². The molecule has 114 valence electrons. The summed E-state index contributed by atoms with van der Waals surface area (Å²) in [6.45, 7) is 4.67. The Hall–Kier alpha value is -1.44. The van der Waals surface area contributed by atoms with Gasteiger partial charge in [-0.1, -0.05) is 19.9 Å². The summed E-state index contributed by atoms with van der Waals surface area (Å²) < 4.78 is 0. The molecule has 0 aromatic carbocycles. The zero-order valence-corrected chi connectivity index (χ0v) is 12.6. The van der Waals surface area contributed by atoms with Crippen LogP contribution in [0.15, 0.2) is 17.5 Å². The van der Waals surface area contributed by atoms with Crippen molar-refractivity contribution in [1.82, 2.24) is 0 Å². The van der Waals surface area contributed by atoms with Crippen LogP contribution < -0.4 is 5.73 Å². The van der Waals surface area contributed by atoms with E-state index in [0.29, 0.717) is 0 Å². The van der Waals surface area contributed by atoms with Crippen molar-refractivity contribution in [3.63, 3.8) is 0 Å². The number of aliphatic hydroxyl groups is 1. The van der Waals surface area contributed by atoms with Gasteiger partial charge in [0.15, 0.2) is 0 Å². The Morgan fingerprint density at radius 1 is 1.35 bits per heavy atom. The van der Waals surface area contributed by atoms with Crippen molar-refractivity contribution in [3.8, 4) is 0 Å². The lowest BCUT2D eigenvalue weighted by molar-refractivity contribution is -0.142. The molecule has 0 bridgehead atoms. The summed E-state index contributed by atoms with van der Waals surface area (Å²) in [5.41, 5.74) is 4.50. The molecule has 5 N–H and O–H groups in total. The normalized spacial score (nSPS) is 13.8. The van der Waals surface area contributed by atoms with Crippen LogP contribution in [0.3, 0.4) is 0 Å². The number of thiophene rings is 1. The summed E-state index contributed by atoms with van der Waals surface area (Å²) in [6.07, 6.45) is 0. The van der Waals surface area contributed by atoms with Gasteiger partial charge in [-0.25, -0.2) is 0 Å². The van der Waals surface area contributed by atoms with Gasteiger partial charge in [0, 0.05) is 10.3 Å². The summed E-state index contributed by atoms with van der Waals surface area (Å²) in [6, 6.07) is 2.69. The van der Waals surface area contributed by atoms with Crippen LogP contribution in [0, 0.1) is 5.41 Å². The number of carboxylic acids is 2. The minimum atomic E-state index is -1.08. The topological polar surface area (TPSA) is 121 Å². The van der Waals surface area contributed by atoms with Crippen LogP contribution in [0.1, 0.15) is 31.6 Å². The highest BCUT2D eigenvalue weighted by atomic mass is 32.1. The van der Waals surface area contributed by atoms with Crippen molar-refractivity contribution < 1.29 is 24.9 Å². The van der Waals surface area contributed by atoms with Gasteiger partial charge >= 0.3 is 11.9 Å². The van der Waals surface area contributed by atoms with E-state index in [-0.39, 0.29) is 12.5 Å². The van der Waals surface area contributed by atoms with Gasteiger partial charge in [0.05, 0.1) is 12.5 Å². The van der Waals surface area contributed by atoms with E-state index in [4.69, 9.17) is 21.1 Å². The van der Waals surface area contributed by atoms with Gasteiger partial charge in [-0.2, -0.15) is 0 Å². The van der Waals surface area contributed by atoms with Crippen molar-refractivity contribution in [1.29, 1.82) is 0 Å². The minimum Gasteiger partial charge on any atom is -0.481 e. The van der Waals surface area contributed by atoms with Gasteiger partial charge in [-0.15, -0.1) is 11.3 Å². The van der Waals surface area contributed by atoms with E-state index >= 15 is 0 Å². The maximum Gasteiger partial charge on any atom is 0.321 e.